The summed E-state index contributed by atoms with van der Waals surface area (Å²) < 4.78 is 36.7. The Bertz CT molecular complexity index is 1490. The SMILES string of the molecule is CCCCOC(=O)c1c(OC)c(Cl)cc(CC(Sc2nnc(N)s2)B2OC3CCC4(C)C(C)CC4C3(C)O2)c1OC(=O)OC(C)(C)C. The first-order chi connectivity index (χ1) is 22.1. The molecule has 5 rings (SSSR count). The molecule has 1 aliphatic heterocycles. The number of benzene rings is 1. The van der Waals surface area contributed by atoms with Crippen LogP contribution in [0.3, 0.4) is 0 Å². The fraction of sp³-hybridized carbons (Fsp3) is 0.688. The second-order valence-corrected chi connectivity index (χ2v) is 17.0. The van der Waals surface area contributed by atoms with Crippen molar-refractivity contribution in [2.75, 3.05) is 19.5 Å². The highest BCUT2D eigenvalue weighted by atomic mass is 35.5. The normalized spacial score (nSPS) is 27.3. The summed E-state index contributed by atoms with van der Waals surface area (Å²) in [6.07, 6.45) is 3.65. The molecule has 1 aromatic carbocycles. The molecule has 1 saturated heterocycles. The highest BCUT2D eigenvalue weighted by molar-refractivity contribution is 8.02. The zero-order chi connectivity index (χ0) is 34.3. The lowest BCUT2D eigenvalue weighted by atomic mass is 9.44. The molecule has 2 aliphatic carbocycles. The van der Waals surface area contributed by atoms with Gasteiger partial charge >= 0.3 is 19.2 Å². The van der Waals surface area contributed by atoms with Gasteiger partial charge < -0.3 is 34.0 Å². The van der Waals surface area contributed by atoms with E-state index in [0.717, 1.165) is 25.7 Å². The average Bonchev–Trinajstić information content (AvgIpc) is 3.56. The number of nitrogens with two attached hydrogens (primary N) is 1. The Morgan fingerprint density at radius 2 is 2.02 bits per heavy atom. The van der Waals surface area contributed by atoms with Crippen LogP contribution in [0.15, 0.2) is 10.4 Å². The largest absolute Gasteiger partial charge is 0.514 e. The van der Waals surface area contributed by atoms with Gasteiger partial charge in [0.05, 0.1) is 35.6 Å². The third kappa shape index (κ3) is 7.36. The summed E-state index contributed by atoms with van der Waals surface area (Å²) in [6.45, 7) is 14.2. The van der Waals surface area contributed by atoms with Gasteiger partial charge in [0.1, 0.15) is 11.2 Å². The van der Waals surface area contributed by atoms with Gasteiger partial charge in [0.25, 0.3) is 0 Å². The van der Waals surface area contributed by atoms with E-state index in [0.29, 0.717) is 33.3 Å². The predicted octanol–water partition coefficient (Wildman–Crippen LogP) is 7.41. The van der Waals surface area contributed by atoms with Crippen LogP contribution in [0.2, 0.25) is 5.02 Å². The van der Waals surface area contributed by atoms with Crippen molar-refractivity contribution in [3.63, 3.8) is 0 Å². The van der Waals surface area contributed by atoms with Crippen LogP contribution in [0.1, 0.15) is 96.5 Å². The second-order valence-electron chi connectivity index (χ2n) is 14.1. The zero-order valence-corrected chi connectivity index (χ0v) is 30.7. The van der Waals surface area contributed by atoms with Crippen LogP contribution >= 0.6 is 34.7 Å². The van der Waals surface area contributed by atoms with Gasteiger partial charge in [0.15, 0.2) is 15.8 Å². The average molecular weight is 710 g/mol. The number of thioether (sulfide) groups is 1. The van der Waals surface area contributed by atoms with Crippen molar-refractivity contribution in [1.82, 2.24) is 10.2 Å². The first-order valence-corrected chi connectivity index (χ1v) is 18.2. The molecular weight excluding hydrogens is 665 g/mol. The third-order valence-corrected chi connectivity index (χ3v) is 12.2. The molecule has 6 atom stereocenters. The van der Waals surface area contributed by atoms with E-state index >= 15 is 0 Å². The van der Waals surface area contributed by atoms with Crippen LogP contribution in [-0.4, -0.2) is 65.6 Å². The first-order valence-electron chi connectivity index (χ1n) is 16.2. The number of esters is 1. The number of rotatable bonds is 11. The Hall–Kier alpha value is -2.26. The highest BCUT2D eigenvalue weighted by Gasteiger charge is 2.67. The van der Waals surface area contributed by atoms with Gasteiger partial charge in [-0.1, -0.05) is 61.9 Å². The number of aromatic nitrogens is 2. The van der Waals surface area contributed by atoms with Gasteiger partial charge in [-0.25, -0.2) is 9.59 Å². The van der Waals surface area contributed by atoms with Gasteiger partial charge in [-0.3, -0.25) is 0 Å². The summed E-state index contributed by atoms with van der Waals surface area (Å²) in [5, 5.41) is 8.30. The number of hydrogen-bond donors (Lipinski definition) is 1. The Morgan fingerprint density at radius 1 is 1.28 bits per heavy atom. The summed E-state index contributed by atoms with van der Waals surface area (Å²) in [5.41, 5.74) is 5.16. The monoisotopic (exact) mass is 709 g/mol. The molecule has 15 heteroatoms. The summed E-state index contributed by atoms with van der Waals surface area (Å²) in [6, 6.07) is 1.62. The maximum absolute atomic E-state index is 13.6. The Labute approximate surface area is 290 Å². The van der Waals surface area contributed by atoms with Crippen molar-refractivity contribution in [3.05, 3.63) is 22.2 Å². The number of carbonyl (C=O) groups is 2. The van der Waals surface area contributed by atoms with E-state index < -0.39 is 35.6 Å². The minimum absolute atomic E-state index is 0.0295. The molecule has 0 amide bonds. The number of carbonyl (C=O) groups excluding carboxylic acids is 2. The maximum atomic E-state index is 13.6. The number of anilines is 1. The second kappa shape index (κ2) is 13.9. The lowest BCUT2D eigenvalue weighted by Crippen LogP contribution is -2.63. The quantitative estimate of drug-likeness (QED) is 0.0816. The van der Waals surface area contributed by atoms with Crippen LogP contribution < -0.4 is 15.2 Å². The third-order valence-electron chi connectivity index (χ3n) is 9.83. The molecule has 258 valence electrons. The summed E-state index contributed by atoms with van der Waals surface area (Å²) in [5.74, 6) is 0.215. The molecule has 2 heterocycles. The van der Waals surface area contributed by atoms with Crippen LogP contribution in [0, 0.1) is 17.3 Å². The number of halogens is 1. The van der Waals surface area contributed by atoms with E-state index in [1.807, 2.05) is 6.92 Å². The molecule has 2 saturated carbocycles. The highest BCUT2D eigenvalue weighted by Crippen LogP contribution is 2.65. The van der Waals surface area contributed by atoms with E-state index in [1.165, 1.54) is 30.2 Å². The Morgan fingerprint density at radius 3 is 2.64 bits per heavy atom. The van der Waals surface area contributed by atoms with Crippen molar-refractivity contribution in [2.24, 2.45) is 17.3 Å². The van der Waals surface area contributed by atoms with Crippen LogP contribution in [0.5, 0.6) is 11.5 Å². The number of unbranched alkanes of at least 4 members (excludes halogenated alkanes) is 1. The van der Waals surface area contributed by atoms with Gasteiger partial charge in [-0.05, 0) is 88.7 Å². The van der Waals surface area contributed by atoms with Crippen molar-refractivity contribution in [3.8, 4) is 11.5 Å². The molecular formula is C32H45BClN3O8S2. The molecule has 0 radical (unpaired) electrons. The Balaban J connectivity index is 1.55. The van der Waals surface area contributed by atoms with Crippen molar-refractivity contribution >= 4 is 59.1 Å². The molecule has 0 spiro atoms. The molecule has 1 aromatic heterocycles. The van der Waals surface area contributed by atoms with E-state index in [1.54, 1.807) is 26.8 Å². The molecule has 2 N–H and O–H groups in total. The molecule has 47 heavy (non-hydrogen) atoms. The number of fused-ring (bicyclic) bond motifs is 3. The number of nitrogens with zero attached hydrogens (tertiary/aromatic N) is 2. The van der Waals surface area contributed by atoms with Crippen molar-refractivity contribution < 1.29 is 37.8 Å². The smallest absolute Gasteiger partial charge is 0.494 e. The first kappa shape index (κ1) is 36.0. The molecule has 0 bridgehead atoms. The molecule has 3 aliphatic rings. The van der Waals surface area contributed by atoms with E-state index in [4.69, 9.17) is 45.6 Å². The van der Waals surface area contributed by atoms with E-state index in [9.17, 15) is 9.59 Å². The summed E-state index contributed by atoms with van der Waals surface area (Å²) in [4.78, 5) is 26.7. The van der Waals surface area contributed by atoms with Crippen LogP contribution in [0.25, 0.3) is 0 Å². The Kier molecular flexibility index (Phi) is 10.7. The predicted molar refractivity (Wildman–Crippen MR) is 182 cm³/mol. The number of nitrogen functional groups attached to an aromatic ring is 1. The van der Waals surface area contributed by atoms with Gasteiger partial charge in [-0.2, -0.15) is 0 Å². The number of ether oxygens (including phenoxy) is 4. The van der Waals surface area contributed by atoms with Crippen molar-refractivity contribution in [2.45, 2.75) is 114 Å². The van der Waals surface area contributed by atoms with E-state index in [2.05, 4.69) is 31.0 Å². The maximum Gasteiger partial charge on any atom is 0.514 e. The number of hydrogen-bond acceptors (Lipinski definition) is 13. The molecule has 3 fully saturated rings. The fourth-order valence-electron chi connectivity index (χ4n) is 7.17. The van der Waals surface area contributed by atoms with Crippen LogP contribution in [-0.2, 0) is 25.2 Å². The summed E-state index contributed by atoms with van der Waals surface area (Å²) >= 11 is 9.40. The molecule has 6 unspecified atom stereocenters. The minimum Gasteiger partial charge on any atom is -0.494 e. The fourth-order valence-corrected chi connectivity index (χ4v) is 9.47. The van der Waals surface area contributed by atoms with Gasteiger partial charge in [0, 0.05) is 0 Å². The lowest BCUT2D eigenvalue weighted by Gasteiger charge is -2.63. The number of methoxy groups -OCH3 is 1. The van der Waals surface area contributed by atoms with Crippen molar-refractivity contribution in [1.29, 1.82) is 0 Å². The van der Waals surface area contributed by atoms with E-state index in [-0.39, 0.29) is 46.6 Å². The zero-order valence-electron chi connectivity index (χ0n) is 28.3. The molecule has 2 aromatic rings. The topological polar surface area (TPSA) is 141 Å². The van der Waals surface area contributed by atoms with Gasteiger partial charge in [0.2, 0.25) is 5.13 Å². The summed E-state index contributed by atoms with van der Waals surface area (Å²) in [7, 11) is 0.727. The molecule has 11 nitrogen and oxygen atoms in total. The lowest BCUT2D eigenvalue weighted by molar-refractivity contribution is -0.184. The standard InChI is InChI=1S/C32H45BClN3O8S2/c1-9-10-13-41-26(38)23-24(42-29(39)43-30(3,4)5)18(15-19(34)25(23)40-8)16-22(46-28-37-36-27(35)47-28)33-44-21-11-12-31(6)17(2)14-20(31)32(21,7)45-33/h15,17,20-22H,9-14,16H2,1-8H3,(H2,35,36). The minimum atomic E-state index is -0.989. The van der Waals surface area contributed by atoms with Crippen LogP contribution in [0.4, 0.5) is 9.93 Å². The van der Waals surface area contributed by atoms with Gasteiger partial charge in [-0.15, -0.1) is 10.2 Å².